The normalized spacial score (nSPS) is 14.6. The third-order valence-electron chi connectivity index (χ3n) is 4.35. The predicted octanol–water partition coefficient (Wildman–Crippen LogP) is 3.17. The van der Waals surface area contributed by atoms with Crippen molar-refractivity contribution in [3.05, 3.63) is 27.8 Å². The van der Waals surface area contributed by atoms with Crippen LogP contribution in [0.4, 0.5) is 0 Å². The van der Waals surface area contributed by atoms with Gasteiger partial charge in [0.15, 0.2) is 0 Å². The van der Waals surface area contributed by atoms with Crippen molar-refractivity contribution in [2.24, 2.45) is 5.73 Å². The van der Waals surface area contributed by atoms with Crippen molar-refractivity contribution in [2.75, 3.05) is 6.54 Å². The third kappa shape index (κ3) is 2.39. The quantitative estimate of drug-likeness (QED) is 0.803. The largest absolute Gasteiger partial charge is 0.507 e. The van der Waals surface area contributed by atoms with Crippen LogP contribution in [0.3, 0.4) is 0 Å². The molecule has 0 aliphatic heterocycles. The minimum atomic E-state index is 0.546. The fourth-order valence-corrected chi connectivity index (χ4v) is 3.21. The maximum atomic E-state index is 10.4. The Bertz CT molecular complexity index is 437. The Hall–Kier alpha value is -1.02. The number of benzene rings is 1. The SMILES string of the molecule is Cc1c(O)c(CCCCN)c(C)c2c1CCCC2. The van der Waals surface area contributed by atoms with Gasteiger partial charge in [0.1, 0.15) is 5.75 Å². The smallest absolute Gasteiger partial charge is 0.122 e. The Morgan fingerprint density at radius 3 is 2.22 bits per heavy atom. The van der Waals surface area contributed by atoms with Crippen LogP contribution in [-0.4, -0.2) is 11.7 Å². The highest BCUT2D eigenvalue weighted by molar-refractivity contribution is 5.55. The van der Waals surface area contributed by atoms with Crippen LogP contribution in [0.5, 0.6) is 5.75 Å². The molecule has 0 radical (unpaired) electrons. The zero-order chi connectivity index (χ0) is 13.1. The molecule has 100 valence electrons. The monoisotopic (exact) mass is 247 g/mol. The van der Waals surface area contributed by atoms with E-state index in [4.69, 9.17) is 5.73 Å². The fourth-order valence-electron chi connectivity index (χ4n) is 3.21. The predicted molar refractivity (Wildman–Crippen MR) is 76.2 cm³/mol. The first-order valence-electron chi connectivity index (χ1n) is 7.19. The molecule has 2 nitrogen and oxygen atoms in total. The minimum absolute atomic E-state index is 0.546. The number of aromatic hydroxyl groups is 1. The van der Waals surface area contributed by atoms with Gasteiger partial charge in [-0.3, -0.25) is 0 Å². The van der Waals surface area contributed by atoms with E-state index in [1.165, 1.54) is 41.5 Å². The van der Waals surface area contributed by atoms with Crippen LogP contribution in [0.2, 0.25) is 0 Å². The van der Waals surface area contributed by atoms with Gasteiger partial charge in [-0.15, -0.1) is 0 Å². The molecule has 18 heavy (non-hydrogen) atoms. The van der Waals surface area contributed by atoms with Crippen molar-refractivity contribution in [1.82, 2.24) is 0 Å². The van der Waals surface area contributed by atoms with Crippen LogP contribution in [0.1, 0.15) is 53.5 Å². The van der Waals surface area contributed by atoms with Gasteiger partial charge in [-0.05, 0) is 93.2 Å². The molecule has 0 atom stereocenters. The maximum Gasteiger partial charge on any atom is 0.122 e. The van der Waals surface area contributed by atoms with E-state index < -0.39 is 0 Å². The van der Waals surface area contributed by atoms with Crippen LogP contribution in [0.15, 0.2) is 0 Å². The number of nitrogens with two attached hydrogens (primary N) is 1. The van der Waals surface area contributed by atoms with Crippen molar-refractivity contribution in [1.29, 1.82) is 0 Å². The Morgan fingerprint density at radius 1 is 1.00 bits per heavy atom. The van der Waals surface area contributed by atoms with Gasteiger partial charge in [0.2, 0.25) is 0 Å². The second-order valence-electron chi connectivity index (χ2n) is 5.49. The van der Waals surface area contributed by atoms with Gasteiger partial charge < -0.3 is 10.8 Å². The summed E-state index contributed by atoms with van der Waals surface area (Å²) in [5.41, 5.74) is 12.1. The molecule has 0 bridgehead atoms. The van der Waals surface area contributed by atoms with E-state index >= 15 is 0 Å². The summed E-state index contributed by atoms with van der Waals surface area (Å²) in [6.07, 6.45) is 7.95. The standard InChI is InChI=1S/C16H25NO/c1-11-13-7-3-4-8-14(13)12(2)16(18)15(11)9-5-6-10-17/h18H,3-10,17H2,1-2H3. The van der Waals surface area contributed by atoms with E-state index in [1.54, 1.807) is 0 Å². The van der Waals surface area contributed by atoms with E-state index in [0.717, 1.165) is 37.8 Å². The van der Waals surface area contributed by atoms with Gasteiger partial charge in [-0.2, -0.15) is 0 Å². The average molecular weight is 247 g/mol. The first-order chi connectivity index (χ1) is 8.66. The van der Waals surface area contributed by atoms with E-state index in [0.29, 0.717) is 5.75 Å². The van der Waals surface area contributed by atoms with Gasteiger partial charge >= 0.3 is 0 Å². The topological polar surface area (TPSA) is 46.2 Å². The Balaban J connectivity index is 2.37. The highest BCUT2D eigenvalue weighted by Crippen LogP contribution is 2.37. The Morgan fingerprint density at radius 2 is 1.61 bits per heavy atom. The molecule has 0 amide bonds. The molecular formula is C16H25NO. The summed E-state index contributed by atoms with van der Waals surface area (Å²) in [6.45, 7) is 5.00. The summed E-state index contributed by atoms with van der Waals surface area (Å²) in [5.74, 6) is 0.546. The molecule has 2 rings (SSSR count). The maximum absolute atomic E-state index is 10.4. The molecule has 0 spiro atoms. The molecule has 0 saturated heterocycles. The molecule has 2 heteroatoms. The summed E-state index contributed by atoms with van der Waals surface area (Å²) in [6, 6.07) is 0. The molecule has 0 fully saturated rings. The van der Waals surface area contributed by atoms with E-state index in [1.807, 2.05) is 0 Å². The third-order valence-corrected chi connectivity index (χ3v) is 4.35. The van der Waals surface area contributed by atoms with Crippen molar-refractivity contribution in [3.8, 4) is 5.75 Å². The summed E-state index contributed by atoms with van der Waals surface area (Å²) < 4.78 is 0. The minimum Gasteiger partial charge on any atom is -0.507 e. The van der Waals surface area contributed by atoms with E-state index in [2.05, 4.69) is 13.8 Å². The summed E-state index contributed by atoms with van der Waals surface area (Å²) >= 11 is 0. The highest BCUT2D eigenvalue weighted by Gasteiger charge is 2.20. The fraction of sp³-hybridized carbons (Fsp3) is 0.625. The van der Waals surface area contributed by atoms with Gasteiger partial charge in [0.05, 0.1) is 0 Å². The number of hydrogen-bond donors (Lipinski definition) is 2. The summed E-state index contributed by atoms with van der Waals surface area (Å²) in [4.78, 5) is 0. The van der Waals surface area contributed by atoms with E-state index in [-0.39, 0.29) is 0 Å². The number of hydrogen-bond acceptors (Lipinski definition) is 2. The first-order valence-corrected chi connectivity index (χ1v) is 7.19. The van der Waals surface area contributed by atoms with Crippen LogP contribution in [0, 0.1) is 13.8 Å². The second-order valence-corrected chi connectivity index (χ2v) is 5.49. The van der Waals surface area contributed by atoms with Crippen molar-refractivity contribution >= 4 is 0 Å². The summed E-state index contributed by atoms with van der Waals surface area (Å²) in [5, 5.41) is 10.4. The summed E-state index contributed by atoms with van der Waals surface area (Å²) in [7, 11) is 0. The van der Waals surface area contributed by atoms with Crippen molar-refractivity contribution < 1.29 is 5.11 Å². The molecule has 3 N–H and O–H groups in total. The average Bonchev–Trinajstić information content (AvgIpc) is 2.40. The first kappa shape index (κ1) is 13.4. The van der Waals surface area contributed by atoms with Crippen molar-refractivity contribution in [3.63, 3.8) is 0 Å². The van der Waals surface area contributed by atoms with Crippen LogP contribution >= 0.6 is 0 Å². The molecule has 0 aromatic heterocycles. The van der Waals surface area contributed by atoms with Gasteiger partial charge in [-0.25, -0.2) is 0 Å². The number of rotatable bonds is 4. The second kappa shape index (κ2) is 5.75. The molecule has 0 unspecified atom stereocenters. The molecule has 1 aromatic rings. The van der Waals surface area contributed by atoms with Crippen molar-refractivity contribution in [2.45, 2.75) is 58.8 Å². The van der Waals surface area contributed by atoms with Crippen LogP contribution in [-0.2, 0) is 19.3 Å². The molecule has 1 aromatic carbocycles. The molecular weight excluding hydrogens is 222 g/mol. The van der Waals surface area contributed by atoms with Crippen LogP contribution in [0.25, 0.3) is 0 Å². The lowest BCUT2D eigenvalue weighted by molar-refractivity contribution is 0.458. The zero-order valence-electron chi connectivity index (χ0n) is 11.7. The molecule has 1 aliphatic rings. The Kier molecular flexibility index (Phi) is 4.28. The van der Waals surface area contributed by atoms with Gasteiger partial charge in [0, 0.05) is 0 Å². The van der Waals surface area contributed by atoms with Crippen LogP contribution < -0.4 is 5.73 Å². The number of phenolic OH excluding ortho intramolecular Hbond substituents is 1. The van der Waals surface area contributed by atoms with E-state index in [9.17, 15) is 5.11 Å². The molecule has 0 heterocycles. The van der Waals surface area contributed by atoms with Gasteiger partial charge in [-0.1, -0.05) is 0 Å². The highest BCUT2D eigenvalue weighted by atomic mass is 16.3. The number of fused-ring (bicyclic) bond motifs is 1. The lowest BCUT2D eigenvalue weighted by Gasteiger charge is -2.24. The number of unbranched alkanes of at least 4 members (excludes halogenated alkanes) is 1. The zero-order valence-corrected chi connectivity index (χ0v) is 11.7. The molecule has 0 saturated carbocycles. The Labute approximate surface area is 110 Å². The molecule has 1 aliphatic carbocycles. The number of phenols is 1. The lowest BCUT2D eigenvalue weighted by atomic mass is 9.82. The lowest BCUT2D eigenvalue weighted by Crippen LogP contribution is -2.10. The van der Waals surface area contributed by atoms with Gasteiger partial charge in [0.25, 0.3) is 0 Å².